The Morgan fingerprint density at radius 3 is 2.58 bits per heavy atom. The number of hydrogen-bond donors (Lipinski definition) is 2. The second-order valence-electron chi connectivity index (χ2n) is 5.49. The van der Waals surface area contributed by atoms with E-state index in [1.165, 1.54) is 0 Å². The van der Waals surface area contributed by atoms with Gasteiger partial charge >= 0.3 is 0 Å². The van der Waals surface area contributed by atoms with E-state index in [1.807, 2.05) is 0 Å². The van der Waals surface area contributed by atoms with E-state index in [4.69, 9.17) is 10.5 Å². The van der Waals surface area contributed by atoms with Gasteiger partial charge in [0.2, 0.25) is 5.91 Å². The summed E-state index contributed by atoms with van der Waals surface area (Å²) in [5, 5.41) is 2.82. The summed E-state index contributed by atoms with van der Waals surface area (Å²) in [7, 11) is -1.41. The van der Waals surface area contributed by atoms with E-state index in [0.29, 0.717) is 13.2 Å². The van der Waals surface area contributed by atoms with Crippen molar-refractivity contribution in [1.29, 1.82) is 0 Å². The molecule has 0 aliphatic heterocycles. The van der Waals surface area contributed by atoms with Crippen molar-refractivity contribution in [3.05, 3.63) is 0 Å². The molecule has 0 radical (unpaired) electrons. The second kappa shape index (κ2) is 6.67. The summed E-state index contributed by atoms with van der Waals surface area (Å²) >= 11 is 0. The van der Waals surface area contributed by atoms with Crippen LogP contribution in [0.15, 0.2) is 0 Å². The highest BCUT2D eigenvalue weighted by molar-refractivity contribution is 7.90. The Labute approximate surface area is 115 Å². The van der Waals surface area contributed by atoms with Crippen LogP contribution in [-0.4, -0.2) is 52.6 Å². The number of methoxy groups -OCH3 is 1. The van der Waals surface area contributed by atoms with Gasteiger partial charge in [-0.15, -0.1) is 0 Å². The quantitative estimate of drug-likeness (QED) is 0.607. The lowest BCUT2D eigenvalue weighted by atomic mass is 10.0. The van der Waals surface area contributed by atoms with Gasteiger partial charge in [-0.3, -0.25) is 4.79 Å². The molecule has 112 valence electrons. The minimum absolute atomic E-state index is 0.0591. The van der Waals surface area contributed by atoms with Gasteiger partial charge in [-0.1, -0.05) is 0 Å². The average Bonchev–Trinajstić information content (AvgIpc) is 3.10. The first-order valence-corrected chi connectivity index (χ1v) is 8.54. The molecule has 0 aromatic carbocycles. The van der Waals surface area contributed by atoms with Gasteiger partial charge in [0.15, 0.2) is 0 Å². The Morgan fingerprint density at radius 1 is 1.47 bits per heavy atom. The maximum atomic E-state index is 11.7. The number of carbonyl (C=O) groups is 1. The molecule has 0 spiro atoms. The second-order valence-corrected chi connectivity index (χ2v) is 7.75. The van der Waals surface area contributed by atoms with Crippen LogP contribution in [0.5, 0.6) is 0 Å². The number of nitrogens with one attached hydrogen (secondary N) is 1. The normalized spacial score (nSPS) is 18.9. The van der Waals surface area contributed by atoms with Crippen LogP contribution in [-0.2, 0) is 19.4 Å². The minimum Gasteiger partial charge on any atom is -0.385 e. The van der Waals surface area contributed by atoms with Crippen molar-refractivity contribution in [2.75, 3.05) is 32.3 Å². The molecule has 0 bridgehead atoms. The van der Waals surface area contributed by atoms with E-state index in [2.05, 4.69) is 5.32 Å². The summed E-state index contributed by atoms with van der Waals surface area (Å²) in [4.78, 5) is 11.7. The highest BCUT2D eigenvalue weighted by Crippen LogP contribution is 2.48. The SMILES string of the molecule is COCCC1(CNC(=O)C(N)CCS(C)(=O)=O)CC1. The molecular formula is C12H24N2O4S. The van der Waals surface area contributed by atoms with Gasteiger partial charge in [0.05, 0.1) is 11.8 Å². The van der Waals surface area contributed by atoms with Gasteiger partial charge in [0, 0.05) is 26.5 Å². The van der Waals surface area contributed by atoms with E-state index in [1.54, 1.807) is 7.11 Å². The third-order valence-electron chi connectivity index (χ3n) is 3.57. The Balaban J connectivity index is 2.27. The molecule has 0 aromatic rings. The molecule has 1 saturated carbocycles. The first kappa shape index (κ1) is 16.4. The Morgan fingerprint density at radius 2 is 2.11 bits per heavy atom. The van der Waals surface area contributed by atoms with E-state index in [0.717, 1.165) is 25.5 Å². The summed E-state index contributed by atoms with van der Waals surface area (Å²) in [6.07, 6.45) is 4.42. The lowest BCUT2D eigenvalue weighted by Gasteiger charge is -2.17. The fourth-order valence-corrected chi connectivity index (χ4v) is 2.57. The number of rotatable bonds is 9. The van der Waals surface area contributed by atoms with E-state index in [9.17, 15) is 13.2 Å². The highest BCUT2D eigenvalue weighted by atomic mass is 32.2. The fourth-order valence-electron chi connectivity index (χ4n) is 1.89. The molecule has 7 heteroatoms. The van der Waals surface area contributed by atoms with Crippen molar-refractivity contribution in [2.45, 2.75) is 31.7 Å². The number of hydrogen-bond acceptors (Lipinski definition) is 5. The first-order valence-electron chi connectivity index (χ1n) is 6.48. The molecule has 1 rings (SSSR count). The van der Waals surface area contributed by atoms with Gasteiger partial charge in [0.25, 0.3) is 0 Å². The topological polar surface area (TPSA) is 98.5 Å². The number of sulfone groups is 1. The first-order chi connectivity index (χ1) is 8.78. The van der Waals surface area contributed by atoms with Crippen LogP contribution >= 0.6 is 0 Å². The zero-order chi connectivity index (χ0) is 14.5. The standard InChI is InChI=1S/C12H24N2O4S/c1-18-7-6-12(4-5-12)9-14-11(15)10(13)3-8-19(2,16)17/h10H,3-9,13H2,1-2H3,(H,14,15). The minimum atomic E-state index is -3.07. The zero-order valence-electron chi connectivity index (χ0n) is 11.6. The van der Waals surface area contributed by atoms with Gasteiger partial charge in [-0.25, -0.2) is 8.42 Å². The van der Waals surface area contributed by atoms with Crippen LogP contribution in [0.25, 0.3) is 0 Å². The highest BCUT2D eigenvalue weighted by Gasteiger charge is 2.42. The molecule has 0 heterocycles. The van der Waals surface area contributed by atoms with Crippen LogP contribution in [0, 0.1) is 5.41 Å². The van der Waals surface area contributed by atoms with E-state index in [-0.39, 0.29) is 23.5 Å². The monoisotopic (exact) mass is 292 g/mol. The predicted octanol–water partition coefficient (Wildman–Crippen LogP) is -0.319. The van der Waals surface area contributed by atoms with Crippen molar-refractivity contribution >= 4 is 15.7 Å². The van der Waals surface area contributed by atoms with Gasteiger partial charge < -0.3 is 15.8 Å². The average molecular weight is 292 g/mol. The largest absolute Gasteiger partial charge is 0.385 e. The van der Waals surface area contributed by atoms with Crippen LogP contribution < -0.4 is 11.1 Å². The summed E-state index contributed by atoms with van der Waals surface area (Å²) < 4.78 is 27.0. The number of amides is 1. The number of nitrogens with two attached hydrogens (primary N) is 1. The molecule has 6 nitrogen and oxygen atoms in total. The van der Waals surface area contributed by atoms with Crippen LogP contribution in [0.1, 0.15) is 25.7 Å². The molecule has 0 saturated heterocycles. The third kappa shape index (κ3) is 6.35. The van der Waals surface area contributed by atoms with Crippen LogP contribution in [0.2, 0.25) is 0 Å². The molecule has 1 atom stereocenters. The van der Waals surface area contributed by atoms with Crippen molar-refractivity contribution in [3.8, 4) is 0 Å². The fraction of sp³-hybridized carbons (Fsp3) is 0.917. The Hall–Kier alpha value is -0.660. The molecular weight excluding hydrogens is 268 g/mol. The molecule has 3 N–H and O–H groups in total. The molecule has 19 heavy (non-hydrogen) atoms. The Bertz CT molecular complexity index is 404. The molecule has 1 fully saturated rings. The van der Waals surface area contributed by atoms with Crippen molar-refractivity contribution in [2.24, 2.45) is 11.1 Å². The number of ether oxygens (including phenoxy) is 1. The molecule has 1 amide bonds. The van der Waals surface area contributed by atoms with E-state index >= 15 is 0 Å². The van der Waals surface area contributed by atoms with Gasteiger partial charge in [-0.2, -0.15) is 0 Å². The summed E-state index contributed by atoms with van der Waals surface area (Å²) in [6, 6.07) is -0.757. The molecule has 1 aliphatic rings. The number of carbonyl (C=O) groups excluding carboxylic acids is 1. The lowest BCUT2D eigenvalue weighted by Crippen LogP contribution is -2.43. The summed E-state index contributed by atoms with van der Waals surface area (Å²) in [5.74, 6) is -0.330. The predicted molar refractivity (Wildman–Crippen MR) is 73.5 cm³/mol. The van der Waals surface area contributed by atoms with Crippen LogP contribution in [0.4, 0.5) is 0 Å². The van der Waals surface area contributed by atoms with Crippen molar-refractivity contribution in [3.63, 3.8) is 0 Å². The van der Waals surface area contributed by atoms with E-state index < -0.39 is 15.9 Å². The van der Waals surface area contributed by atoms with Gasteiger partial charge in [-0.05, 0) is 31.1 Å². The zero-order valence-corrected chi connectivity index (χ0v) is 12.5. The molecule has 1 unspecified atom stereocenters. The molecule has 0 aromatic heterocycles. The Kier molecular flexibility index (Phi) is 5.76. The third-order valence-corrected chi connectivity index (χ3v) is 4.54. The summed E-state index contributed by atoms with van der Waals surface area (Å²) in [5.41, 5.74) is 5.84. The molecule has 1 aliphatic carbocycles. The van der Waals surface area contributed by atoms with Gasteiger partial charge in [0.1, 0.15) is 9.84 Å². The van der Waals surface area contributed by atoms with Crippen molar-refractivity contribution < 1.29 is 17.9 Å². The maximum Gasteiger partial charge on any atom is 0.236 e. The lowest BCUT2D eigenvalue weighted by molar-refractivity contribution is -0.122. The van der Waals surface area contributed by atoms with Crippen LogP contribution in [0.3, 0.4) is 0 Å². The maximum absolute atomic E-state index is 11.7. The summed E-state index contributed by atoms with van der Waals surface area (Å²) in [6.45, 7) is 1.29. The van der Waals surface area contributed by atoms with Crippen molar-refractivity contribution in [1.82, 2.24) is 5.32 Å². The smallest absolute Gasteiger partial charge is 0.236 e.